The zero-order valence-electron chi connectivity index (χ0n) is 14.9. The summed E-state index contributed by atoms with van der Waals surface area (Å²) in [5, 5.41) is 0. The highest BCUT2D eigenvalue weighted by molar-refractivity contribution is 5.96. The Morgan fingerprint density at radius 3 is 2.07 bits per heavy atom. The SMILES string of the molecule is C1=CCC=C2C(=C1)C1(c3ccccc3Oc3ccccc31)c1ccccc12. The summed E-state index contributed by atoms with van der Waals surface area (Å²) in [7, 11) is 0. The number of ether oxygens (including phenoxy) is 1. The molecule has 3 aromatic carbocycles. The first-order chi connectivity index (χ1) is 13.4. The quantitative estimate of drug-likeness (QED) is 0.457. The molecule has 3 aromatic rings. The first-order valence-corrected chi connectivity index (χ1v) is 9.45. The van der Waals surface area contributed by atoms with Crippen molar-refractivity contribution in [2.24, 2.45) is 0 Å². The van der Waals surface area contributed by atoms with E-state index in [1.54, 1.807) is 0 Å². The maximum Gasteiger partial charge on any atom is 0.132 e. The summed E-state index contributed by atoms with van der Waals surface area (Å²) in [5.41, 5.74) is 7.49. The summed E-state index contributed by atoms with van der Waals surface area (Å²) in [6, 6.07) is 25.8. The van der Waals surface area contributed by atoms with Crippen molar-refractivity contribution in [2.45, 2.75) is 11.8 Å². The van der Waals surface area contributed by atoms with Gasteiger partial charge in [-0.15, -0.1) is 0 Å². The van der Waals surface area contributed by atoms with Crippen LogP contribution in [-0.2, 0) is 5.41 Å². The van der Waals surface area contributed by atoms with Crippen LogP contribution in [0.2, 0.25) is 0 Å². The fourth-order valence-corrected chi connectivity index (χ4v) is 4.98. The van der Waals surface area contributed by atoms with Gasteiger partial charge in [0.25, 0.3) is 0 Å². The Labute approximate surface area is 158 Å². The lowest BCUT2D eigenvalue weighted by molar-refractivity contribution is 0.436. The van der Waals surface area contributed by atoms with Gasteiger partial charge in [0.1, 0.15) is 11.5 Å². The van der Waals surface area contributed by atoms with E-state index in [1.807, 2.05) is 0 Å². The second-order valence-corrected chi connectivity index (χ2v) is 7.25. The molecule has 128 valence electrons. The van der Waals surface area contributed by atoms with Gasteiger partial charge in [-0.25, -0.2) is 0 Å². The Morgan fingerprint density at radius 1 is 0.704 bits per heavy atom. The normalized spacial score (nSPS) is 17.6. The molecule has 3 aliphatic rings. The summed E-state index contributed by atoms with van der Waals surface area (Å²) < 4.78 is 6.33. The average molecular weight is 346 g/mol. The molecule has 1 spiro atoms. The molecule has 0 fully saturated rings. The lowest BCUT2D eigenvalue weighted by Crippen LogP contribution is -2.32. The van der Waals surface area contributed by atoms with Gasteiger partial charge in [0, 0.05) is 11.1 Å². The first kappa shape index (κ1) is 14.8. The van der Waals surface area contributed by atoms with E-state index >= 15 is 0 Å². The molecule has 0 saturated heterocycles. The number of rotatable bonds is 0. The van der Waals surface area contributed by atoms with Crippen LogP contribution in [0, 0.1) is 0 Å². The lowest BCUT2D eigenvalue weighted by Gasteiger charge is -2.39. The van der Waals surface area contributed by atoms with E-state index in [2.05, 4.69) is 97.1 Å². The predicted octanol–water partition coefficient (Wildman–Crippen LogP) is 6.41. The average Bonchev–Trinajstić information content (AvgIpc) is 2.86. The van der Waals surface area contributed by atoms with Crippen molar-refractivity contribution in [1.29, 1.82) is 0 Å². The molecule has 0 aromatic heterocycles. The van der Waals surface area contributed by atoms with Crippen molar-refractivity contribution < 1.29 is 4.74 Å². The van der Waals surface area contributed by atoms with Gasteiger partial charge in [0.2, 0.25) is 0 Å². The van der Waals surface area contributed by atoms with Crippen LogP contribution in [-0.4, -0.2) is 0 Å². The maximum absolute atomic E-state index is 6.33. The fourth-order valence-electron chi connectivity index (χ4n) is 4.98. The Hall–Kier alpha value is -3.32. The van der Waals surface area contributed by atoms with E-state index in [-0.39, 0.29) is 5.41 Å². The molecule has 1 aliphatic heterocycles. The number of benzene rings is 3. The Bertz CT molecular complexity index is 1130. The third-order valence-electron chi connectivity index (χ3n) is 5.97. The molecule has 1 heterocycles. The van der Waals surface area contributed by atoms with Gasteiger partial charge in [0.15, 0.2) is 0 Å². The third-order valence-corrected chi connectivity index (χ3v) is 5.97. The summed E-state index contributed by atoms with van der Waals surface area (Å²) in [6.45, 7) is 0. The van der Waals surface area contributed by atoms with E-state index in [1.165, 1.54) is 33.4 Å². The smallest absolute Gasteiger partial charge is 0.132 e. The zero-order valence-corrected chi connectivity index (χ0v) is 14.9. The molecule has 2 aliphatic carbocycles. The van der Waals surface area contributed by atoms with Gasteiger partial charge in [0.05, 0.1) is 5.41 Å². The number of hydrogen-bond acceptors (Lipinski definition) is 1. The van der Waals surface area contributed by atoms with Crippen LogP contribution < -0.4 is 4.74 Å². The minimum Gasteiger partial charge on any atom is -0.457 e. The number of allylic oxidation sites excluding steroid dienone is 6. The molecule has 1 heteroatoms. The van der Waals surface area contributed by atoms with Gasteiger partial charge in [-0.2, -0.15) is 0 Å². The second-order valence-electron chi connectivity index (χ2n) is 7.25. The predicted molar refractivity (Wildman–Crippen MR) is 109 cm³/mol. The molecule has 0 saturated carbocycles. The summed E-state index contributed by atoms with van der Waals surface area (Å²) >= 11 is 0. The van der Waals surface area contributed by atoms with Crippen LogP contribution in [0.1, 0.15) is 28.7 Å². The monoisotopic (exact) mass is 346 g/mol. The fraction of sp³-hybridized carbons (Fsp3) is 0.0769. The largest absolute Gasteiger partial charge is 0.457 e. The number of para-hydroxylation sites is 2. The maximum atomic E-state index is 6.33. The van der Waals surface area contributed by atoms with Crippen LogP contribution in [0.5, 0.6) is 11.5 Å². The summed E-state index contributed by atoms with van der Waals surface area (Å²) in [4.78, 5) is 0. The van der Waals surface area contributed by atoms with Crippen LogP contribution >= 0.6 is 0 Å². The molecule has 1 nitrogen and oxygen atoms in total. The molecule has 0 unspecified atom stereocenters. The van der Waals surface area contributed by atoms with E-state index in [4.69, 9.17) is 4.74 Å². The van der Waals surface area contributed by atoms with E-state index in [9.17, 15) is 0 Å². The summed E-state index contributed by atoms with van der Waals surface area (Å²) in [5.74, 6) is 1.89. The first-order valence-electron chi connectivity index (χ1n) is 9.45. The number of fused-ring (bicyclic) bond motifs is 9. The topological polar surface area (TPSA) is 9.23 Å². The van der Waals surface area contributed by atoms with Crippen molar-refractivity contribution in [2.75, 3.05) is 0 Å². The van der Waals surface area contributed by atoms with Crippen molar-refractivity contribution >= 4 is 5.57 Å². The van der Waals surface area contributed by atoms with Crippen LogP contribution in [0.3, 0.4) is 0 Å². The Kier molecular flexibility index (Phi) is 2.93. The Balaban J connectivity index is 1.84. The molecule has 0 N–H and O–H groups in total. The van der Waals surface area contributed by atoms with Crippen molar-refractivity contribution in [1.82, 2.24) is 0 Å². The highest BCUT2D eigenvalue weighted by Crippen LogP contribution is 2.62. The minimum absolute atomic E-state index is 0.331. The molecule has 0 bridgehead atoms. The van der Waals surface area contributed by atoms with E-state index in [0.717, 1.165) is 17.9 Å². The highest BCUT2D eigenvalue weighted by atomic mass is 16.5. The molecule has 0 atom stereocenters. The van der Waals surface area contributed by atoms with Crippen LogP contribution in [0.25, 0.3) is 5.57 Å². The van der Waals surface area contributed by atoms with E-state index < -0.39 is 0 Å². The molecule has 6 rings (SSSR count). The molecule has 0 radical (unpaired) electrons. The van der Waals surface area contributed by atoms with Gasteiger partial charge < -0.3 is 4.74 Å². The van der Waals surface area contributed by atoms with Crippen LogP contribution in [0.15, 0.2) is 103 Å². The third kappa shape index (κ3) is 1.79. The van der Waals surface area contributed by atoms with Crippen LogP contribution in [0.4, 0.5) is 0 Å². The van der Waals surface area contributed by atoms with Gasteiger partial charge in [-0.05, 0) is 40.8 Å². The van der Waals surface area contributed by atoms with Crippen molar-refractivity contribution in [3.05, 3.63) is 125 Å². The lowest BCUT2D eigenvalue weighted by atomic mass is 9.66. The number of hydrogen-bond donors (Lipinski definition) is 0. The minimum atomic E-state index is -0.331. The van der Waals surface area contributed by atoms with Gasteiger partial charge in [-0.3, -0.25) is 0 Å². The van der Waals surface area contributed by atoms with Crippen molar-refractivity contribution in [3.8, 4) is 11.5 Å². The standard InChI is InChI=1S/C26H18O/c1-2-10-18-19-11-4-5-13-21(19)26(20(18)12-3-1)22-14-6-8-16-24(22)27-25-17-9-7-15-23(25)26/h1,3-17H,2H2. The van der Waals surface area contributed by atoms with Gasteiger partial charge >= 0.3 is 0 Å². The van der Waals surface area contributed by atoms with Gasteiger partial charge in [-0.1, -0.05) is 85.0 Å². The van der Waals surface area contributed by atoms with E-state index in [0.29, 0.717) is 0 Å². The molecule has 27 heavy (non-hydrogen) atoms. The molecular formula is C26H18O. The second kappa shape index (κ2) is 5.34. The Morgan fingerprint density at radius 2 is 1.33 bits per heavy atom. The molecule has 0 amide bonds. The van der Waals surface area contributed by atoms with Crippen molar-refractivity contribution in [3.63, 3.8) is 0 Å². The summed E-state index contributed by atoms with van der Waals surface area (Å²) in [6.07, 6.45) is 10.1. The highest BCUT2D eigenvalue weighted by Gasteiger charge is 2.52. The zero-order chi connectivity index (χ0) is 17.8. The molecular weight excluding hydrogens is 328 g/mol.